The molecule has 6 rings (SSSR count). The molecule has 4 bridgehead atoms. The lowest BCUT2D eigenvalue weighted by atomic mass is 9.53. The van der Waals surface area contributed by atoms with Gasteiger partial charge in [-0.2, -0.15) is 5.10 Å². The molecule has 1 aromatic heterocycles. The summed E-state index contributed by atoms with van der Waals surface area (Å²) in [5.74, 6) is 0.800. The lowest BCUT2D eigenvalue weighted by Crippen LogP contribution is -2.62. The van der Waals surface area contributed by atoms with Crippen molar-refractivity contribution in [3.8, 4) is 5.69 Å². The molecule has 162 valence electrons. The minimum absolute atomic E-state index is 0.179. The van der Waals surface area contributed by atoms with Crippen LogP contribution in [0.2, 0.25) is 0 Å². The third-order valence-corrected chi connectivity index (χ3v) is 6.79. The van der Waals surface area contributed by atoms with Gasteiger partial charge >= 0.3 is 12.0 Å². The van der Waals surface area contributed by atoms with Gasteiger partial charge in [0.2, 0.25) is 0 Å². The van der Waals surface area contributed by atoms with Crippen LogP contribution in [0.3, 0.4) is 0 Å². The van der Waals surface area contributed by atoms with Crippen molar-refractivity contribution in [3.63, 3.8) is 0 Å². The topological polar surface area (TPSA) is 115 Å². The number of rotatable bonds is 5. The molecule has 1 aromatic carbocycles. The number of benzene rings is 1. The summed E-state index contributed by atoms with van der Waals surface area (Å²) in [5.41, 5.74) is 0.865. The Morgan fingerprint density at radius 3 is 2.26 bits per heavy atom. The van der Waals surface area contributed by atoms with Gasteiger partial charge in [-0.1, -0.05) is 0 Å². The average molecular weight is 423 g/mol. The highest BCUT2D eigenvalue weighted by atomic mass is 16.5. The summed E-state index contributed by atoms with van der Waals surface area (Å²) in [6, 6.07) is 6.06. The van der Waals surface area contributed by atoms with E-state index in [1.165, 1.54) is 25.6 Å². The Balaban J connectivity index is 1.10. The van der Waals surface area contributed by atoms with Crippen molar-refractivity contribution in [2.24, 2.45) is 17.8 Å². The van der Waals surface area contributed by atoms with Crippen LogP contribution in [0.5, 0.6) is 0 Å². The van der Waals surface area contributed by atoms with E-state index in [2.05, 4.69) is 20.7 Å². The van der Waals surface area contributed by atoms with Crippen molar-refractivity contribution >= 4 is 17.9 Å². The fourth-order valence-electron chi connectivity index (χ4n) is 6.00. The van der Waals surface area contributed by atoms with Gasteiger partial charge in [-0.25, -0.2) is 19.3 Å². The smallest absolute Gasteiger partial charge is 0.338 e. The number of nitrogens with zero attached hydrogens (tertiary/aromatic N) is 3. The van der Waals surface area contributed by atoms with Gasteiger partial charge in [0.1, 0.15) is 12.7 Å². The second-order valence-corrected chi connectivity index (χ2v) is 9.16. The highest BCUT2D eigenvalue weighted by Gasteiger charge is 2.51. The number of aromatic nitrogens is 3. The van der Waals surface area contributed by atoms with Gasteiger partial charge in [0.15, 0.2) is 6.61 Å². The molecule has 4 saturated carbocycles. The van der Waals surface area contributed by atoms with Crippen LogP contribution in [0.25, 0.3) is 5.69 Å². The van der Waals surface area contributed by atoms with Crippen LogP contribution in [0.1, 0.15) is 48.9 Å². The number of amides is 3. The molecule has 9 nitrogen and oxygen atoms in total. The van der Waals surface area contributed by atoms with E-state index in [-0.39, 0.29) is 5.54 Å². The first-order valence-corrected chi connectivity index (χ1v) is 10.7. The molecule has 4 aliphatic rings. The minimum atomic E-state index is -0.644. The van der Waals surface area contributed by atoms with Crippen molar-refractivity contribution in [3.05, 3.63) is 42.5 Å². The summed E-state index contributed by atoms with van der Waals surface area (Å²) in [5, 5.41) is 9.39. The summed E-state index contributed by atoms with van der Waals surface area (Å²) in [6.45, 7) is -0.516. The summed E-state index contributed by atoms with van der Waals surface area (Å²) in [4.78, 5) is 40.6. The fourth-order valence-corrected chi connectivity index (χ4v) is 6.00. The van der Waals surface area contributed by atoms with Crippen LogP contribution < -0.4 is 10.6 Å². The predicted octanol–water partition coefficient (Wildman–Crippen LogP) is 2.22. The number of ether oxygens (including phenoxy) is 1. The third-order valence-electron chi connectivity index (χ3n) is 6.79. The monoisotopic (exact) mass is 423 g/mol. The number of esters is 1. The first-order valence-electron chi connectivity index (χ1n) is 10.7. The van der Waals surface area contributed by atoms with Gasteiger partial charge in [-0.05, 0) is 80.5 Å². The molecule has 0 unspecified atom stereocenters. The molecule has 0 atom stereocenters. The molecule has 0 spiro atoms. The van der Waals surface area contributed by atoms with Gasteiger partial charge in [0.25, 0.3) is 5.91 Å². The number of nitrogens with one attached hydrogen (secondary N) is 2. The lowest BCUT2D eigenvalue weighted by molar-refractivity contribution is -0.123. The number of imide groups is 1. The zero-order valence-electron chi connectivity index (χ0n) is 17.1. The van der Waals surface area contributed by atoms with E-state index in [1.807, 2.05) is 0 Å². The van der Waals surface area contributed by atoms with Crippen LogP contribution >= 0.6 is 0 Å². The lowest BCUT2D eigenvalue weighted by Gasteiger charge is -2.56. The maximum atomic E-state index is 12.4. The summed E-state index contributed by atoms with van der Waals surface area (Å²) in [6.07, 6.45) is 9.79. The molecule has 0 aliphatic heterocycles. The van der Waals surface area contributed by atoms with Crippen molar-refractivity contribution < 1.29 is 19.1 Å². The third kappa shape index (κ3) is 4.17. The molecule has 0 radical (unpaired) electrons. The molecule has 31 heavy (non-hydrogen) atoms. The Labute approximate surface area is 179 Å². The molecule has 1 heterocycles. The fraction of sp³-hybridized carbons (Fsp3) is 0.500. The summed E-state index contributed by atoms with van der Waals surface area (Å²) < 4.78 is 6.61. The van der Waals surface area contributed by atoms with E-state index in [4.69, 9.17) is 4.74 Å². The SMILES string of the molecule is O=C(COC(=O)c1ccc(-n2cncn2)cc1)NC(=O)NC12CC3CC(CC(C3)C1)C2. The van der Waals surface area contributed by atoms with Crippen molar-refractivity contribution in [1.29, 1.82) is 0 Å². The number of carbonyl (C=O) groups excluding carboxylic acids is 3. The second-order valence-electron chi connectivity index (χ2n) is 9.16. The first-order chi connectivity index (χ1) is 15.0. The molecule has 2 aromatic rings. The Bertz CT molecular complexity index is 951. The molecule has 2 N–H and O–H groups in total. The van der Waals surface area contributed by atoms with Crippen molar-refractivity contribution in [2.75, 3.05) is 6.61 Å². The number of carbonyl (C=O) groups is 3. The highest BCUT2D eigenvalue weighted by Crippen LogP contribution is 2.55. The Morgan fingerprint density at radius 1 is 1.03 bits per heavy atom. The van der Waals surface area contributed by atoms with Crippen molar-refractivity contribution in [1.82, 2.24) is 25.4 Å². The minimum Gasteiger partial charge on any atom is -0.452 e. The van der Waals surface area contributed by atoms with Crippen LogP contribution in [0.4, 0.5) is 4.79 Å². The van der Waals surface area contributed by atoms with Crippen LogP contribution in [-0.2, 0) is 9.53 Å². The van der Waals surface area contributed by atoms with E-state index in [0.29, 0.717) is 23.3 Å². The second kappa shape index (κ2) is 7.79. The zero-order valence-corrected chi connectivity index (χ0v) is 17.1. The van der Waals surface area contributed by atoms with Gasteiger partial charge in [0, 0.05) is 5.54 Å². The normalized spacial score (nSPS) is 28.2. The van der Waals surface area contributed by atoms with E-state index < -0.39 is 24.5 Å². The predicted molar refractivity (Wildman–Crippen MR) is 109 cm³/mol. The average Bonchev–Trinajstić information content (AvgIpc) is 3.25. The molecule has 4 fully saturated rings. The summed E-state index contributed by atoms with van der Waals surface area (Å²) >= 11 is 0. The van der Waals surface area contributed by atoms with Gasteiger partial charge in [0.05, 0.1) is 11.3 Å². The Hall–Kier alpha value is -3.23. The Kier molecular flexibility index (Phi) is 4.95. The van der Waals surface area contributed by atoms with Gasteiger partial charge in [-0.15, -0.1) is 0 Å². The molecule has 3 amide bonds. The van der Waals surface area contributed by atoms with Crippen LogP contribution in [0, 0.1) is 17.8 Å². The highest BCUT2D eigenvalue weighted by molar-refractivity contribution is 5.97. The quantitative estimate of drug-likeness (QED) is 0.713. The molecule has 4 aliphatic carbocycles. The molecule has 9 heteroatoms. The van der Waals surface area contributed by atoms with E-state index >= 15 is 0 Å². The number of hydrogen-bond acceptors (Lipinski definition) is 6. The van der Waals surface area contributed by atoms with Gasteiger partial charge in [-0.3, -0.25) is 10.1 Å². The Morgan fingerprint density at radius 2 is 1.68 bits per heavy atom. The van der Waals surface area contributed by atoms with Crippen LogP contribution in [-0.4, -0.2) is 44.8 Å². The largest absolute Gasteiger partial charge is 0.452 e. The summed E-state index contributed by atoms with van der Waals surface area (Å²) in [7, 11) is 0. The van der Waals surface area contributed by atoms with E-state index in [9.17, 15) is 14.4 Å². The van der Waals surface area contributed by atoms with Crippen LogP contribution in [0.15, 0.2) is 36.9 Å². The molecular formula is C22H25N5O4. The number of urea groups is 1. The number of hydrogen-bond donors (Lipinski definition) is 2. The van der Waals surface area contributed by atoms with E-state index in [1.54, 1.807) is 35.3 Å². The standard InChI is InChI=1S/C22H25N5O4/c28-19(11-31-20(29)17-1-3-18(4-2-17)27-13-23-12-24-27)25-21(30)26-22-8-14-5-15(9-22)7-16(6-14)10-22/h1-4,12-16H,5-11H2,(H2,25,26,28,30). The van der Waals surface area contributed by atoms with E-state index in [0.717, 1.165) is 24.9 Å². The van der Waals surface area contributed by atoms with Crippen molar-refractivity contribution in [2.45, 2.75) is 44.1 Å². The van der Waals surface area contributed by atoms with Gasteiger partial charge < -0.3 is 10.1 Å². The molecular weight excluding hydrogens is 398 g/mol. The maximum absolute atomic E-state index is 12.4. The molecule has 0 saturated heterocycles. The maximum Gasteiger partial charge on any atom is 0.338 e. The zero-order chi connectivity index (χ0) is 21.4. The first kappa shape index (κ1) is 19.7.